The van der Waals surface area contributed by atoms with Crippen molar-refractivity contribution in [3.63, 3.8) is 0 Å². The van der Waals surface area contributed by atoms with Crippen molar-refractivity contribution in [2.45, 2.75) is 31.7 Å². The third-order valence-electron chi connectivity index (χ3n) is 3.03. The minimum absolute atomic E-state index is 0.252. The average molecular weight is 302 g/mol. The molecule has 1 unspecified atom stereocenters. The van der Waals surface area contributed by atoms with E-state index in [4.69, 9.17) is 4.74 Å². The predicted molar refractivity (Wildman–Crippen MR) is 69.9 cm³/mol. The fourth-order valence-electron chi connectivity index (χ4n) is 2.07. The van der Waals surface area contributed by atoms with Crippen LogP contribution in [0.15, 0.2) is 22.7 Å². The molecule has 1 atom stereocenters. The summed E-state index contributed by atoms with van der Waals surface area (Å²) in [5, 5.41) is 3.48. The first kappa shape index (κ1) is 12.8. The van der Waals surface area contributed by atoms with Gasteiger partial charge in [0.05, 0.1) is 11.1 Å². The maximum Gasteiger partial charge on any atom is 0.133 e. The van der Waals surface area contributed by atoms with E-state index >= 15 is 0 Å². The third kappa shape index (κ3) is 3.96. The van der Waals surface area contributed by atoms with Gasteiger partial charge in [0, 0.05) is 6.04 Å². The second kappa shape index (κ2) is 6.36. The van der Waals surface area contributed by atoms with E-state index in [1.165, 1.54) is 31.4 Å². The molecule has 0 saturated carbocycles. The van der Waals surface area contributed by atoms with Gasteiger partial charge in [-0.25, -0.2) is 4.39 Å². The van der Waals surface area contributed by atoms with Crippen molar-refractivity contribution in [1.29, 1.82) is 0 Å². The molecule has 94 valence electrons. The van der Waals surface area contributed by atoms with Crippen LogP contribution in [0.4, 0.5) is 4.39 Å². The minimum atomic E-state index is -0.252. The Balaban J connectivity index is 1.77. The molecule has 1 aliphatic rings. The number of nitrogens with one attached hydrogen (secondary N) is 1. The van der Waals surface area contributed by atoms with Crippen LogP contribution in [0.25, 0.3) is 0 Å². The highest BCUT2D eigenvalue weighted by atomic mass is 79.9. The third-order valence-corrected chi connectivity index (χ3v) is 3.65. The molecular formula is C13H17BrFNO. The summed E-state index contributed by atoms with van der Waals surface area (Å²) in [6, 6.07) is 5.07. The Labute approximate surface area is 110 Å². The summed E-state index contributed by atoms with van der Waals surface area (Å²) < 4.78 is 19.2. The zero-order chi connectivity index (χ0) is 12.1. The fraction of sp³-hybridized carbons (Fsp3) is 0.538. The van der Waals surface area contributed by atoms with Gasteiger partial charge in [-0.05, 0) is 59.9 Å². The Morgan fingerprint density at radius 3 is 3.00 bits per heavy atom. The molecule has 1 aromatic rings. The van der Waals surface area contributed by atoms with Crippen LogP contribution in [0.2, 0.25) is 0 Å². The molecule has 2 nitrogen and oxygen atoms in total. The molecule has 2 rings (SSSR count). The van der Waals surface area contributed by atoms with E-state index in [9.17, 15) is 4.39 Å². The van der Waals surface area contributed by atoms with Gasteiger partial charge in [-0.2, -0.15) is 0 Å². The van der Waals surface area contributed by atoms with Gasteiger partial charge in [0.1, 0.15) is 11.6 Å². The predicted octanol–water partition coefficient (Wildman–Crippen LogP) is 3.50. The summed E-state index contributed by atoms with van der Waals surface area (Å²) in [5.74, 6) is 0.459. The van der Waals surface area contributed by atoms with E-state index in [1.807, 2.05) is 0 Å². The van der Waals surface area contributed by atoms with Gasteiger partial charge < -0.3 is 10.1 Å². The van der Waals surface area contributed by atoms with E-state index in [2.05, 4.69) is 21.2 Å². The van der Waals surface area contributed by atoms with Crippen LogP contribution in [-0.4, -0.2) is 19.2 Å². The molecule has 1 N–H and O–H groups in total. The first-order valence-electron chi connectivity index (χ1n) is 6.07. The summed E-state index contributed by atoms with van der Waals surface area (Å²) in [4.78, 5) is 0. The Kier molecular flexibility index (Phi) is 4.80. The van der Waals surface area contributed by atoms with Gasteiger partial charge in [0.15, 0.2) is 0 Å². The van der Waals surface area contributed by atoms with E-state index < -0.39 is 0 Å². The van der Waals surface area contributed by atoms with Crippen molar-refractivity contribution in [2.75, 3.05) is 13.2 Å². The summed E-state index contributed by atoms with van der Waals surface area (Å²) in [6.45, 7) is 1.78. The number of halogens is 2. The van der Waals surface area contributed by atoms with Crippen LogP contribution in [0.3, 0.4) is 0 Å². The van der Waals surface area contributed by atoms with Crippen LogP contribution in [0.5, 0.6) is 5.75 Å². The van der Waals surface area contributed by atoms with Gasteiger partial charge in [0.25, 0.3) is 0 Å². The van der Waals surface area contributed by atoms with E-state index in [-0.39, 0.29) is 5.82 Å². The summed E-state index contributed by atoms with van der Waals surface area (Å²) in [5.41, 5.74) is 0. The Bertz CT molecular complexity index is 366. The topological polar surface area (TPSA) is 21.3 Å². The lowest BCUT2D eigenvalue weighted by molar-refractivity contribution is 0.267. The van der Waals surface area contributed by atoms with Crippen LogP contribution in [0, 0.1) is 5.82 Å². The number of piperidine rings is 1. The van der Waals surface area contributed by atoms with Crippen LogP contribution < -0.4 is 10.1 Å². The summed E-state index contributed by atoms with van der Waals surface area (Å²) in [6.07, 6.45) is 4.82. The van der Waals surface area contributed by atoms with Crippen molar-refractivity contribution < 1.29 is 9.13 Å². The van der Waals surface area contributed by atoms with E-state index in [0.29, 0.717) is 22.9 Å². The smallest absolute Gasteiger partial charge is 0.133 e. The van der Waals surface area contributed by atoms with Gasteiger partial charge in [-0.3, -0.25) is 0 Å². The zero-order valence-electron chi connectivity index (χ0n) is 9.72. The number of hydrogen-bond acceptors (Lipinski definition) is 2. The molecule has 1 aromatic carbocycles. The van der Waals surface area contributed by atoms with Crippen LogP contribution >= 0.6 is 15.9 Å². The van der Waals surface area contributed by atoms with Gasteiger partial charge in [-0.1, -0.05) is 6.42 Å². The maximum absolute atomic E-state index is 12.9. The molecule has 1 saturated heterocycles. The number of hydrogen-bond donors (Lipinski definition) is 1. The molecule has 17 heavy (non-hydrogen) atoms. The quantitative estimate of drug-likeness (QED) is 0.919. The van der Waals surface area contributed by atoms with Gasteiger partial charge in [0.2, 0.25) is 0 Å². The standard InChI is InChI=1S/C13H17BrFNO/c14-12-9-10(15)4-5-13(12)17-8-6-11-3-1-2-7-16-11/h4-5,9,11,16H,1-3,6-8H2. The second-order valence-corrected chi connectivity index (χ2v) is 5.21. The fourth-order valence-corrected chi connectivity index (χ4v) is 2.54. The van der Waals surface area contributed by atoms with Gasteiger partial charge in [-0.15, -0.1) is 0 Å². The van der Waals surface area contributed by atoms with Crippen molar-refractivity contribution in [1.82, 2.24) is 5.32 Å². The molecular weight excluding hydrogens is 285 g/mol. The van der Waals surface area contributed by atoms with Crippen LogP contribution in [0.1, 0.15) is 25.7 Å². The maximum atomic E-state index is 12.9. The second-order valence-electron chi connectivity index (χ2n) is 4.36. The molecule has 1 heterocycles. The minimum Gasteiger partial charge on any atom is -0.492 e. The number of ether oxygens (including phenoxy) is 1. The lowest BCUT2D eigenvalue weighted by Crippen LogP contribution is -2.35. The molecule has 0 amide bonds. The van der Waals surface area contributed by atoms with Crippen LogP contribution in [-0.2, 0) is 0 Å². The first-order chi connectivity index (χ1) is 8.25. The summed E-state index contributed by atoms with van der Waals surface area (Å²) in [7, 11) is 0. The molecule has 0 aliphatic carbocycles. The highest BCUT2D eigenvalue weighted by molar-refractivity contribution is 9.10. The van der Waals surface area contributed by atoms with Crippen molar-refractivity contribution in [2.24, 2.45) is 0 Å². The number of benzene rings is 1. The SMILES string of the molecule is Fc1ccc(OCCC2CCCCN2)c(Br)c1. The van der Waals surface area contributed by atoms with Crippen molar-refractivity contribution in [3.05, 3.63) is 28.5 Å². The largest absolute Gasteiger partial charge is 0.492 e. The molecule has 0 spiro atoms. The van der Waals surface area contributed by atoms with Crippen molar-refractivity contribution in [3.8, 4) is 5.75 Å². The van der Waals surface area contributed by atoms with E-state index in [1.54, 1.807) is 6.07 Å². The Hall–Kier alpha value is -0.610. The normalized spacial score (nSPS) is 20.2. The highest BCUT2D eigenvalue weighted by Crippen LogP contribution is 2.25. The average Bonchev–Trinajstić information content (AvgIpc) is 2.33. The Morgan fingerprint density at radius 1 is 1.41 bits per heavy atom. The van der Waals surface area contributed by atoms with Crippen molar-refractivity contribution >= 4 is 15.9 Å². The molecule has 0 aromatic heterocycles. The monoisotopic (exact) mass is 301 g/mol. The lowest BCUT2D eigenvalue weighted by Gasteiger charge is -2.23. The zero-order valence-corrected chi connectivity index (χ0v) is 11.3. The first-order valence-corrected chi connectivity index (χ1v) is 6.86. The number of rotatable bonds is 4. The van der Waals surface area contributed by atoms with Gasteiger partial charge >= 0.3 is 0 Å². The molecule has 4 heteroatoms. The lowest BCUT2D eigenvalue weighted by atomic mass is 10.0. The molecule has 0 radical (unpaired) electrons. The highest BCUT2D eigenvalue weighted by Gasteiger charge is 2.12. The molecule has 1 fully saturated rings. The van der Waals surface area contributed by atoms with E-state index in [0.717, 1.165) is 13.0 Å². The molecule has 1 aliphatic heterocycles. The Morgan fingerprint density at radius 2 is 2.29 bits per heavy atom. The molecule has 0 bridgehead atoms. The summed E-state index contributed by atoms with van der Waals surface area (Å²) >= 11 is 3.29.